The number of benzene rings is 1. The van der Waals surface area contributed by atoms with Gasteiger partial charge < -0.3 is 24.1 Å². The van der Waals surface area contributed by atoms with Gasteiger partial charge in [-0.3, -0.25) is 4.57 Å². The van der Waals surface area contributed by atoms with Gasteiger partial charge in [-0.1, -0.05) is 30.3 Å². The van der Waals surface area contributed by atoms with Crippen LogP contribution in [0.25, 0.3) is 11.0 Å². The Morgan fingerprint density at radius 3 is 2.58 bits per heavy atom. The molecule has 9 heteroatoms. The molecule has 31 heavy (non-hydrogen) atoms. The van der Waals surface area contributed by atoms with Crippen LogP contribution < -0.4 is 10.1 Å². The summed E-state index contributed by atoms with van der Waals surface area (Å²) in [5, 5.41) is 3.41. The third kappa shape index (κ3) is 6.87. The highest BCUT2D eigenvalue weighted by atomic mass is 31.2. The number of hydrogen-bond donors (Lipinski definition) is 2. The Labute approximate surface area is 183 Å². The molecule has 0 spiro atoms. The van der Waals surface area contributed by atoms with Crippen molar-refractivity contribution in [3.63, 3.8) is 0 Å². The van der Waals surface area contributed by atoms with Crippen LogP contribution in [-0.4, -0.2) is 40.9 Å². The highest BCUT2D eigenvalue weighted by Gasteiger charge is 2.22. The Morgan fingerprint density at radius 1 is 1.06 bits per heavy atom. The van der Waals surface area contributed by atoms with E-state index in [1.165, 1.54) is 6.33 Å². The van der Waals surface area contributed by atoms with Crippen molar-refractivity contribution in [2.24, 2.45) is 0 Å². The van der Waals surface area contributed by atoms with Gasteiger partial charge in [-0.15, -0.1) is 0 Å². The third-order valence-electron chi connectivity index (χ3n) is 4.73. The van der Waals surface area contributed by atoms with E-state index in [0.717, 1.165) is 41.5 Å². The largest absolute Gasteiger partial charge is 0.471 e. The number of ether oxygens (including phenoxy) is 1. The van der Waals surface area contributed by atoms with Crippen LogP contribution in [0.15, 0.2) is 42.9 Å². The monoisotopic (exact) mass is 446 g/mol. The molecule has 2 heterocycles. The van der Waals surface area contributed by atoms with Gasteiger partial charge in [0.15, 0.2) is 0 Å². The second kappa shape index (κ2) is 12.0. The van der Waals surface area contributed by atoms with E-state index >= 15 is 0 Å². The summed E-state index contributed by atoms with van der Waals surface area (Å²) >= 11 is 0. The molecule has 0 aliphatic carbocycles. The Balaban J connectivity index is 1.47. The molecule has 0 fully saturated rings. The first-order chi connectivity index (χ1) is 15.1. The first kappa shape index (κ1) is 23.4. The summed E-state index contributed by atoms with van der Waals surface area (Å²) in [5.41, 5.74) is 3.78. The van der Waals surface area contributed by atoms with Gasteiger partial charge in [0.1, 0.15) is 18.5 Å². The van der Waals surface area contributed by atoms with Crippen molar-refractivity contribution in [1.29, 1.82) is 0 Å². The molecule has 0 aliphatic rings. The number of nitrogens with zero attached hydrogens (tertiary/aromatic N) is 2. The normalized spacial score (nSPS) is 11.8. The van der Waals surface area contributed by atoms with Crippen molar-refractivity contribution in [1.82, 2.24) is 20.3 Å². The summed E-state index contributed by atoms with van der Waals surface area (Å²) in [6.45, 7) is 6.38. The second-order valence-corrected chi connectivity index (χ2v) is 9.23. The Bertz CT molecular complexity index is 970. The minimum atomic E-state index is -2.95. The number of H-pyrrole nitrogens is 1. The topological polar surface area (TPSA) is 98.4 Å². The lowest BCUT2D eigenvalue weighted by atomic mass is 10.2. The number of aromatic amines is 1. The molecule has 8 nitrogen and oxygen atoms in total. The maximum absolute atomic E-state index is 12.5. The summed E-state index contributed by atoms with van der Waals surface area (Å²) in [7, 11) is -2.95. The fourth-order valence-corrected chi connectivity index (χ4v) is 5.01. The number of fused-ring (bicyclic) bond motifs is 1. The van der Waals surface area contributed by atoms with Crippen LogP contribution in [0.2, 0.25) is 0 Å². The average Bonchev–Trinajstić information content (AvgIpc) is 3.19. The maximum atomic E-state index is 12.5. The highest BCUT2D eigenvalue weighted by Crippen LogP contribution is 2.48. The summed E-state index contributed by atoms with van der Waals surface area (Å²) in [4.78, 5) is 11.9. The Hall–Kier alpha value is -2.25. The summed E-state index contributed by atoms with van der Waals surface area (Å²) in [6.07, 6.45) is 5.56. The molecule has 0 amide bonds. The predicted molar refractivity (Wildman–Crippen MR) is 121 cm³/mol. The van der Waals surface area contributed by atoms with Crippen LogP contribution in [-0.2, 0) is 26.8 Å². The summed E-state index contributed by atoms with van der Waals surface area (Å²) < 4.78 is 29.0. The van der Waals surface area contributed by atoms with Crippen LogP contribution in [0.1, 0.15) is 37.8 Å². The van der Waals surface area contributed by atoms with E-state index in [1.54, 1.807) is 0 Å². The number of nitrogens with one attached hydrogen (secondary N) is 2. The number of unbranched alkanes of at least 4 members (excludes halogenated alkanes) is 1. The van der Waals surface area contributed by atoms with Crippen molar-refractivity contribution >= 4 is 18.6 Å². The first-order valence-electron chi connectivity index (χ1n) is 10.7. The van der Waals surface area contributed by atoms with Crippen molar-refractivity contribution < 1.29 is 18.3 Å². The molecule has 0 radical (unpaired) electrons. The van der Waals surface area contributed by atoms with E-state index in [9.17, 15) is 4.57 Å². The zero-order valence-electron chi connectivity index (χ0n) is 18.2. The molecule has 3 rings (SSSR count). The Morgan fingerprint density at radius 2 is 1.84 bits per heavy atom. The van der Waals surface area contributed by atoms with E-state index < -0.39 is 7.60 Å². The molecule has 0 unspecified atom stereocenters. The third-order valence-corrected chi connectivity index (χ3v) is 6.90. The lowest BCUT2D eigenvalue weighted by Crippen LogP contribution is -2.15. The van der Waals surface area contributed by atoms with Crippen molar-refractivity contribution in [3.8, 4) is 5.88 Å². The van der Waals surface area contributed by atoms with E-state index in [4.69, 9.17) is 13.8 Å². The van der Waals surface area contributed by atoms with E-state index in [-0.39, 0.29) is 0 Å². The summed E-state index contributed by atoms with van der Waals surface area (Å²) in [6, 6.07) is 9.99. The molecule has 3 aromatic rings. The van der Waals surface area contributed by atoms with Crippen molar-refractivity contribution in [2.45, 2.75) is 39.8 Å². The number of aromatic nitrogens is 3. The van der Waals surface area contributed by atoms with Gasteiger partial charge in [0.05, 0.1) is 24.9 Å². The predicted octanol–water partition coefficient (Wildman–Crippen LogP) is 4.67. The molecule has 0 atom stereocenters. The van der Waals surface area contributed by atoms with E-state index in [1.807, 2.05) is 50.4 Å². The molecule has 2 N–H and O–H groups in total. The van der Waals surface area contributed by atoms with Gasteiger partial charge in [-0.2, -0.15) is 4.98 Å². The van der Waals surface area contributed by atoms with Crippen LogP contribution in [0.5, 0.6) is 5.88 Å². The van der Waals surface area contributed by atoms with Gasteiger partial charge in [0.2, 0.25) is 5.88 Å². The van der Waals surface area contributed by atoms with Gasteiger partial charge in [0.25, 0.3) is 0 Å². The summed E-state index contributed by atoms with van der Waals surface area (Å²) in [5.74, 6) is 0.544. The van der Waals surface area contributed by atoms with E-state index in [0.29, 0.717) is 38.4 Å². The van der Waals surface area contributed by atoms with Gasteiger partial charge >= 0.3 is 7.60 Å². The smallest absolute Gasteiger partial charge is 0.330 e. The molecule has 168 valence electrons. The molecule has 1 aromatic carbocycles. The maximum Gasteiger partial charge on any atom is 0.330 e. The fourth-order valence-electron chi connectivity index (χ4n) is 3.28. The fraction of sp³-hybridized carbons (Fsp3) is 0.455. The number of hydrogen-bond acceptors (Lipinski definition) is 7. The zero-order chi connectivity index (χ0) is 21.9. The molecule has 0 saturated heterocycles. The Kier molecular flexibility index (Phi) is 9.03. The molecule has 0 bridgehead atoms. The van der Waals surface area contributed by atoms with Crippen LogP contribution >= 0.6 is 7.60 Å². The van der Waals surface area contributed by atoms with Crippen LogP contribution in [0.4, 0.5) is 0 Å². The standard InChI is InChI=1S/C22H31N4O4P/c1-3-29-31(27,30-4-2)13-9-8-12-23-14-19-15-24-21-20(19)25-17-26-22(21)28-16-18-10-6-5-7-11-18/h5-7,10-11,15,17,23-24H,3-4,8-9,12-14,16H2,1-2H3. The molecule has 2 aromatic heterocycles. The quantitative estimate of drug-likeness (QED) is 0.274. The first-order valence-corrected chi connectivity index (χ1v) is 12.4. The van der Waals surface area contributed by atoms with Gasteiger partial charge in [-0.05, 0) is 38.8 Å². The van der Waals surface area contributed by atoms with Crippen LogP contribution in [0.3, 0.4) is 0 Å². The lowest BCUT2D eigenvalue weighted by Gasteiger charge is -2.16. The SMILES string of the molecule is CCOP(=O)(CCCCNCc1c[nH]c2c(OCc3ccccc3)ncnc12)OCC. The molecule has 0 saturated carbocycles. The van der Waals surface area contributed by atoms with Crippen molar-refractivity contribution in [3.05, 3.63) is 54.0 Å². The van der Waals surface area contributed by atoms with Gasteiger partial charge in [0, 0.05) is 18.3 Å². The van der Waals surface area contributed by atoms with E-state index in [2.05, 4.69) is 20.3 Å². The van der Waals surface area contributed by atoms with Gasteiger partial charge in [-0.25, -0.2) is 4.98 Å². The molecular formula is C22H31N4O4P. The minimum Gasteiger partial charge on any atom is -0.471 e. The van der Waals surface area contributed by atoms with Crippen LogP contribution in [0, 0.1) is 0 Å². The second-order valence-electron chi connectivity index (χ2n) is 7.04. The zero-order valence-corrected chi connectivity index (χ0v) is 19.1. The molecule has 0 aliphatic heterocycles. The lowest BCUT2D eigenvalue weighted by molar-refractivity contribution is 0.219. The van der Waals surface area contributed by atoms with Crippen molar-refractivity contribution in [2.75, 3.05) is 25.9 Å². The minimum absolute atomic E-state index is 0.398. The average molecular weight is 446 g/mol. The number of rotatable bonds is 14. The highest BCUT2D eigenvalue weighted by molar-refractivity contribution is 7.53. The molecular weight excluding hydrogens is 415 g/mol.